The molecule has 0 bridgehead atoms. The highest BCUT2D eigenvalue weighted by Crippen LogP contribution is 2.66. The summed E-state index contributed by atoms with van der Waals surface area (Å²) >= 11 is 0. The monoisotopic (exact) mass is 552 g/mol. The van der Waals surface area contributed by atoms with Crippen LogP contribution in [0.4, 0.5) is 10.2 Å². The van der Waals surface area contributed by atoms with Gasteiger partial charge in [0.1, 0.15) is 5.54 Å². The molecular weight excluding hydrogens is 532 g/mol. The van der Waals surface area contributed by atoms with Crippen molar-refractivity contribution in [2.45, 2.75) is 24.8 Å². The first-order chi connectivity index (χ1) is 15.4. The zero-order valence-electron chi connectivity index (χ0n) is 17.0. The lowest BCUT2D eigenvalue weighted by Gasteiger charge is -2.29. The molecule has 0 amide bonds. The van der Waals surface area contributed by atoms with Gasteiger partial charge in [-0.2, -0.15) is 13.6 Å². The Morgan fingerprint density at radius 1 is 1.26 bits per heavy atom. The number of hydrogen-bond acceptors (Lipinski definition) is 12. The molecular formula is C13H20FN4O13P3. The molecule has 17 nitrogen and oxygen atoms in total. The second kappa shape index (κ2) is 10.2. The van der Waals surface area contributed by atoms with E-state index in [2.05, 4.69) is 30.0 Å². The highest BCUT2D eigenvalue weighted by molar-refractivity contribution is 7.66. The summed E-state index contributed by atoms with van der Waals surface area (Å²) < 4.78 is 65.9. The summed E-state index contributed by atoms with van der Waals surface area (Å²) in [7, 11) is -16.9. The fourth-order valence-corrected chi connectivity index (χ4v) is 6.08. The van der Waals surface area contributed by atoms with Crippen molar-refractivity contribution in [3.63, 3.8) is 0 Å². The Hall–Kier alpha value is -1.54. The third-order valence-electron chi connectivity index (χ3n) is 4.32. The molecule has 0 aromatic carbocycles. The lowest BCUT2D eigenvalue weighted by atomic mass is 9.83. The van der Waals surface area contributed by atoms with Crippen LogP contribution in [0.5, 0.6) is 0 Å². The first kappa shape index (κ1) is 28.7. The number of rotatable bonds is 9. The van der Waals surface area contributed by atoms with Gasteiger partial charge >= 0.3 is 29.2 Å². The Balaban J connectivity index is 2.33. The predicted molar refractivity (Wildman–Crippen MR) is 108 cm³/mol. The Morgan fingerprint density at radius 2 is 1.88 bits per heavy atom. The quantitative estimate of drug-likeness (QED) is 0.136. The fourth-order valence-electron chi connectivity index (χ4n) is 3.05. The zero-order chi connectivity index (χ0) is 26.1. The van der Waals surface area contributed by atoms with Crippen LogP contribution in [-0.4, -0.2) is 59.1 Å². The molecule has 0 saturated carbocycles. The van der Waals surface area contributed by atoms with Crippen LogP contribution < -0.4 is 17.2 Å². The summed E-state index contributed by atoms with van der Waals surface area (Å²) in [5.74, 6) is 1.88. The summed E-state index contributed by atoms with van der Waals surface area (Å²) in [6.45, 7) is -0.453. The smallest absolute Gasteiger partial charge is 0.396 e. The van der Waals surface area contributed by atoms with E-state index in [1.807, 2.05) is 0 Å². The van der Waals surface area contributed by atoms with E-state index >= 15 is 0 Å². The molecule has 0 radical (unpaired) electrons. The Kier molecular flexibility index (Phi) is 8.62. The van der Waals surface area contributed by atoms with Gasteiger partial charge in [0.15, 0.2) is 17.9 Å². The Morgan fingerprint density at radius 3 is 2.41 bits per heavy atom. The number of aliphatic hydroxyl groups excluding tert-OH is 1. The van der Waals surface area contributed by atoms with E-state index in [4.69, 9.17) is 26.0 Å². The Labute approximate surface area is 189 Å². The Bertz CT molecular complexity index is 1190. The largest absolute Gasteiger partial charge is 0.490 e. The maximum absolute atomic E-state index is 13.9. The minimum atomic E-state index is -5.78. The molecule has 1 aliphatic heterocycles. The average Bonchev–Trinajstić information content (AvgIpc) is 2.91. The number of anilines is 1. The molecule has 2 heterocycles. The molecule has 21 heteroatoms. The third-order valence-corrected chi connectivity index (χ3v) is 8.12. The molecule has 0 aliphatic carbocycles. The SMILES string of the molecule is CC#CC1(N)C(CO)[C@@H](COP(=O)(O)OP(=O)(O)OP(=O)(O)O)O[C@H]1n1cc(F)c(N)nc1=O. The number of nitrogen functional groups attached to an aromatic ring is 1. The van der Waals surface area contributed by atoms with Gasteiger partial charge in [-0.25, -0.2) is 22.9 Å². The average molecular weight is 552 g/mol. The molecule has 4 unspecified atom stereocenters. The van der Waals surface area contributed by atoms with Gasteiger partial charge in [-0.3, -0.25) is 9.09 Å². The van der Waals surface area contributed by atoms with E-state index < -0.39 is 77.8 Å². The summed E-state index contributed by atoms with van der Waals surface area (Å²) in [6.07, 6.45) is -2.46. The number of aromatic nitrogens is 2. The van der Waals surface area contributed by atoms with Crippen LogP contribution in [0.25, 0.3) is 0 Å². The number of phosphoric ester groups is 1. The molecule has 0 spiro atoms. The van der Waals surface area contributed by atoms with Crippen molar-refractivity contribution in [2.75, 3.05) is 18.9 Å². The summed E-state index contributed by atoms with van der Waals surface area (Å²) in [4.78, 5) is 51.4. The van der Waals surface area contributed by atoms with E-state index in [-0.39, 0.29) is 0 Å². The number of ether oxygens (including phenoxy) is 1. The second-order valence-corrected chi connectivity index (χ2v) is 11.1. The molecule has 1 aromatic rings. The van der Waals surface area contributed by atoms with Crippen LogP contribution in [0.1, 0.15) is 13.2 Å². The number of halogens is 1. The standard InChI is InChI=1S/C13H20FN4O13P3/c1-2-3-13(16)7(5-19)9(29-11(13)18-4-8(14)10(15)17-12(18)20)6-28-33(24,25)31-34(26,27)30-32(21,22)23/h4,7,9,11,19H,5-6,16H2,1H3,(H,24,25)(H,26,27)(H2,15,17,20)(H2,21,22,23)/t7?,9-,11-,13?/m1/s1. The summed E-state index contributed by atoms with van der Waals surface area (Å²) in [6, 6.07) is 0. The lowest BCUT2D eigenvalue weighted by molar-refractivity contribution is -0.0406. The number of hydrogen-bond donors (Lipinski definition) is 7. The van der Waals surface area contributed by atoms with Crippen molar-refractivity contribution in [3.05, 3.63) is 22.5 Å². The van der Waals surface area contributed by atoms with Crippen molar-refractivity contribution < 1.29 is 60.6 Å². The van der Waals surface area contributed by atoms with E-state index in [1.165, 1.54) is 6.92 Å². The number of phosphoric acid groups is 3. The topological polar surface area (TPSA) is 276 Å². The molecule has 2 rings (SSSR count). The third kappa shape index (κ3) is 6.78. The zero-order valence-corrected chi connectivity index (χ0v) is 19.7. The van der Waals surface area contributed by atoms with Gasteiger partial charge in [-0.05, 0) is 6.92 Å². The summed E-state index contributed by atoms with van der Waals surface area (Å²) in [5, 5.41) is 9.84. The highest BCUT2D eigenvalue weighted by Gasteiger charge is 2.55. The molecule has 1 aliphatic rings. The fraction of sp³-hybridized carbons (Fsp3) is 0.538. The minimum absolute atomic E-state index is 0.587. The number of nitrogens with two attached hydrogens (primary N) is 2. The normalized spacial score (nSPS) is 28.5. The molecule has 1 aromatic heterocycles. The van der Waals surface area contributed by atoms with Gasteiger partial charge in [0.2, 0.25) is 0 Å². The minimum Gasteiger partial charge on any atom is -0.396 e. The summed E-state index contributed by atoms with van der Waals surface area (Å²) in [5.41, 5.74) is 8.47. The van der Waals surface area contributed by atoms with Crippen molar-refractivity contribution in [2.24, 2.45) is 11.7 Å². The van der Waals surface area contributed by atoms with E-state index in [0.717, 1.165) is 0 Å². The molecule has 6 atom stereocenters. The maximum Gasteiger partial charge on any atom is 0.490 e. The second-order valence-electron chi connectivity index (χ2n) is 6.67. The molecule has 1 saturated heterocycles. The lowest BCUT2D eigenvalue weighted by Crippen LogP contribution is -2.53. The van der Waals surface area contributed by atoms with Gasteiger partial charge in [-0.15, -0.1) is 5.92 Å². The predicted octanol–water partition coefficient (Wildman–Crippen LogP) is -1.47. The van der Waals surface area contributed by atoms with Crippen molar-refractivity contribution in [1.29, 1.82) is 0 Å². The van der Waals surface area contributed by atoms with Crippen LogP contribution >= 0.6 is 23.5 Å². The highest BCUT2D eigenvalue weighted by atomic mass is 31.3. The number of nitrogens with zero attached hydrogens (tertiary/aromatic N) is 2. The molecule has 1 fully saturated rings. The van der Waals surface area contributed by atoms with Gasteiger partial charge in [-0.1, -0.05) is 5.92 Å². The first-order valence-corrected chi connectivity index (χ1v) is 13.3. The van der Waals surface area contributed by atoms with Gasteiger partial charge in [0, 0.05) is 5.92 Å². The van der Waals surface area contributed by atoms with Gasteiger partial charge < -0.3 is 40.9 Å². The molecule has 9 N–H and O–H groups in total. The molecule has 34 heavy (non-hydrogen) atoms. The molecule has 192 valence electrons. The van der Waals surface area contributed by atoms with Crippen molar-refractivity contribution in [3.8, 4) is 11.8 Å². The van der Waals surface area contributed by atoms with Crippen LogP contribution in [0.2, 0.25) is 0 Å². The van der Waals surface area contributed by atoms with Crippen LogP contribution in [-0.2, 0) is 31.6 Å². The van der Waals surface area contributed by atoms with E-state index in [1.54, 1.807) is 0 Å². The first-order valence-electron chi connectivity index (χ1n) is 8.76. The van der Waals surface area contributed by atoms with Gasteiger partial charge in [0.25, 0.3) is 0 Å². The van der Waals surface area contributed by atoms with Crippen molar-refractivity contribution in [1.82, 2.24) is 9.55 Å². The van der Waals surface area contributed by atoms with Crippen LogP contribution in [0.3, 0.4) is 0 Å². The number of aliphatic hydroxyl groups is 1. The van der Waals surface area contributed by atoms with E-state index in [9.17, 15) is 37.8 Å². The van der Waals surface area contributed by atoms with Crippen LogP contribution in [0.15, 0.2) is 11.0 Å². The maximum atomic E-state index is 13.9. The van der Waals surface area contributed by atoms with Crippen LogP contribution in [0, 0.1) is 23.6 Å². The van der Waals surface area contributed by atoms with E-state index in [0.29, 0.717) is 10.8 Å². The van der Waals surface area contributed by atoms with Gasteiger partial charge in [0.05, 0.1) is 25.5 Å². The van der Waals surface area contributed by atoms with Crippen molar-refractivity contribution >= 4 is 29.3 Å².